The van der Waals surface area contributed by atoms with Gasteiger partial charge in [0.15, 0.2) is 0 Å². The fraction of sp³-hybridized carbons (Fsp3) is 0.111. The van der Waals surface area contributed by atoms with Crippen molar-refractivity contribution in [2.24, 2.45) is 0 Å². The lowest BCUT2D eigenvalue weighted by Gasteiger charge is -2.01. The molecular formula is C18H15ClN4O. The second-order valence-corrected chi connectivity index (χ2v) is 6.06. The van der Waals surface area contributed by atoms with Crippen LogP contribution in [-0.2, 0) is 6.42 Å². The summed E-state index contributed by atoms with van der Waals surface area (Å²) in [5.74, 6) is 0.721. The molecule has 2 aromatic carbocycles. The Kier molecular flexibility index (Phi) is 3.70. The van der Waals surface area contributed by atoms with Crippen LogP contribution in [0.5, 0.6) is 0 Å². The second kappa shape index (κ2) is 6.02. The first-order valence-electron chi connectivity index (χ1n) is 7.69. The second-order valence-electron chi connectivity index (χ2n) is 5.62. The quantitative estimate of drug-likeness (QED) is 0.531. The molecule has 6 heteroatoms. The third-order valence-corrected chi connectivity index (χ3v) is 4.15. The average molecular weight is 339 g/mol. The predicted molar refractivity (Wildman–Crippen MR) is 95.4 cm³/mol. The number of hydrogen-bond donors (Lipinski definition) is 3. The lowest BCUT2D eigenvalue weighted by molar-refractivity contribution is 0.0950. The van der Waals surface area contributed by atoms with Crippen molar-refractivity contribution in [2.75, 3.05) is 6.54 Å². The Labute approximate surface area is 143 Å². The largest absolute Gasteiger partial charge is 0.351 e. The molecule has 0 saturated carbocycles. The van der Waals surface area contributed by atoms with Crippen LogP contribution in [0.2, 0.25) is 5.02 Å². The van der Waals surface area contributed by atoms with Gasteiger partial charge in [0.25, 0.3) is 5.91 Å². The minimum Gasteiger partial charge on any atom is -0.351 e. The number of aromatic nitrogens is 3. The van der Waals surface area contributed by atoms with Crippen LogP contribution in [0.15, 0.2) is 48.5 Å². The number of imidazole rings is 1. The van der Waals surface area contributed by atoms with E-state index in [-0.39, 0.29) is 5.91 Å². The molecule has 4 rings (SSSR count). The Balaban J connectivity index is 1.41. The van der Waals surface area contributed by atoms with Gasteiger partial charge in [-0.25, -0.2) is 4.98 Å². The Morgan fingerprint density at radius 3 is 2.83 bits per heavy atom. The Bertz CT molecular complexity index is 1000. The molecule has 0 spiro atoms. The van der Waals surface area contributed by atoms with Gasteiger partial charge in [0.2, 0.25) is 0 Å². The maximum absolute atomic E-state index is 12.3. The lowest BCUT2D eigenvalue weighted by atomic mass is 10.2. The summed E-state index contributed by atoms with van der Waals surface area (Å²) in [4.78, 5) is 23.1. The van der Waals surface area contributed by atoms with Crippen molar-refractivity contribution in [2.45, 2.75) is 6.42 Å². The summed E-state index contributed by atoms with van der Waals surface area (Å²) in [6, 6.07) is 15.2. The maximum atomic E-state index is 12.3. The Morgan fingerprint density at radius 2 is 1.96 bits per heavy atom. The number of halogens is 1. The third-order valence-electron chi connectivity index (χ3n) is 3.91. The number of aromatic amines is 2. The number of H-pyrrole nitrogens is 2. The zero-order valence-electron chi connectivity index (χ0n) is 12.8. The van der Waals surface area contributed by atoms with E-state index in [1.807, 2.05) is 36.4 Å². The minimum absolute atomic E-state index is 0.140. The highest BCUT2D eigenvalue weighted by Gasteiger charge is 2.10. The van der Waals surface area contributed by atoms with Crippen LogP contribution in [0.4, 0.5) is 0 Å². The summed E-state index contributed by atoms with van der Waals surface area (Å²) < 4.78 is 0. The van der Waals surface area contributed by atoms with E-state index in [0.717, 1.165) is 27.8 Å². The van der Waals surface area contributed by atoms with Crippen LogP contribution in [0, 0.1) is 0 Å². The number of carbonyl (C=O) groups excluding carboxylic acids is 1. The molecule has 0 radical (unpaired) electrons. The SMILES string of the molecule is O=C(NCCc1nc2ccccc2[nH]1)c1cc2cc(Cl)ccc2[nH]1. The van der Waals surface area contributed by atoms with Gasteiger partial charge in [0.1, 0.15) is 11.5 Å². The molecule has 0 aliphatic rings. The molecule has 2 heterocycles. The van der Waals surface area contributed by atoms with Crippen LogP contribution in [0.1, 0.15) is 16.3 Å². The van der Waals surface area contributed by atoms with Crippen molar-refractivity contribution in [3.63, 3.8) is 0 Å². The smallest absolute Gasteiger partial charge is 0.267 e. The number of nitrogens with one attached hydrogen (secondary N) is 3. The zero-order valence-corrected chi connectivity index (χ0v) is 13.5. The molecule has 120 valence electrons. The number of amides is 1. The van der Waals surface area contributed by atoms with Crippen LogP contribution < -0.4 is 5.32 Å². The van der Waals surface area contributed by atoms with Gasteiger partial charge in [-0.05, 0) is 36.4 Å². The first kappa shape index (κ1) is 14.8. The van der Waals surface area contributed by atoms with Gasteiger partial charge in [-0.2, -0.15) is 0 Å². The number of nitrogens with zero attached hydrogens (tertiary/aromatic N) is 1. The molecule has 0 saturated heterocycles. The molecule has 0 aliphatic carbocycles. The molecule has 3 N–H and O–H groups in total. The number of fused-ring (bicyclic) bond motifs is 2. The molecule has 0 fully saturated rings. The highest BCUT2D eigenvalue weighted by Crippen LogP contribution is 2.20. The van der Waals surface area contributed by atoms with Crippen LogP contribution in [0.25, 0.3) is 21.9 Å². The van der Waals surface area contributed by atoms with Crippen molar-refractivity contribution >= 4 is 39.4 Å². The van der Waals surface area contributed by atoms with Crippen molar-refractivity contribution in [3.8, 4) is 0 Å². The van der Waals surface area contributed by atoms with E-state index in [9.17, 15) is 4.79 Å². The number of carbonyl (C=O) groups is 1. The number of hydrogen-bond acceptors (Lipinski definition) is 2. The molecule has 1 amide bonds. The van der Waals surface area contributed by atoms with E-state index >= 15 is 0 Å². The molecule has 2 aromatic heterocycles. The van der Waals surface area contributed by atoms with Gasteiger partial charge >= 0.3 is 0 Å². The van der Waals surface area contributed by atoms with Crippen LogP contribution in [0.3, 0.4) is 0 Å². The van der Waals surface area contributed by atoms with E-state index in [1.54, 1.807) is 12.1 Å². The van der Waals surface area contributed by atoms with Crippen molar-refractivity contribution in [1.82, 2.24) is 20.3 Å². The molecule has 4 aromatic rings. The fourth-order valence-corrected chi connectivity index (χ4v) is 2.92. The Morgan fingerprint density at radius 1 is 1.08 bits per heavy atom. The highest BCUT2D eigenvalue weighted by molar-refractivity contribution is 6.31. The summed E-state index contributed by atoms with van der Waals surface area (Å²) in [5.41, 5.74) is 3.36. The standard InChI is InChI=1S/C18H15ClN4O/c19-12-5-6-13-11(9-12)10-16(21-13)18(24)20-8-7-17-22-14-3-1-2-4-15(14)23-17/h1-6,9-10,21H,7-8H2,(H,20,24)(H,22,23). The summed E-state index contributed by atoms with van der Waals surface area (Å²) >= 11 is 5.97. The first-order chi connectivity index (χ1) is 11.7. The summed E-state index contributed by atoms with van der Waals surface area (Å²) in [6.45, 7) is 0.509. The molecule has 0 aliphatic heterocycles. The number of rotatable bonds is 4. The zero-order chi connectivity index (χ0) is 16.5. The molecule has 0 atom stereocenters. The van der Waals surface area contributed by atoms with E-state index in [2.05, 4.69) is 20.3 Å². The molecule has 0 unspecified atom stereocenters. The van der Waals surface area contributed by atoms with Crippen molar-refractivity contribution in [1.29, 1.82) is 0 Å². The van der Waals surface area contributed by atoms with E-state index in [4.69, 9.17) is 11.6 Å². The summed E-state index contributed by atoms with van der Waals surface area (Å²) in [5, 5.41) is 4.48. The average Bonchev–Trinajstić information content (AvgIpc) is 3.17. The fourth-order valence-electron chi connectivity index (χ4n) is 2.74. The molecule has 0 bridgehead atoms. The Hall–Kier alpha value is -2.79. The van der Waals surface area contributed by atoms with Crippen molar-refractivity contribution in [3.05, 3.63) is 65.1 Å². The van der Waals surface area contributed by atoms with E-state index in [1.165, 1.54) is 0 Å². The van der Waals surface area contributed by atoms with Gasteiger partial charge in [0, 0.05) is 28.9 Å². The van der Waals surface area contributed by atoms with Gasteiger partial charge in [-0.3, -0.25) is 4.79 Å². The molecule has 5 nitrogen and oxygen atoms in total. The maximum Gasteiger partial charge on any atom is 0.267 e. The van der Waals surface area contributed by atoms with Gasteiger partial charge < -0.3 is 15.3 Å². The lowest BCUT2D eigenvalue weighted by Crippen LogP contribution is -2.26. The minimum atomic E-state index is -0.140. The predicted octanol–water partition coefficient (Wildman–Crippen LogP) is 3.67. The summed E-state index contributed by atoms with van der Waals surface area (Å²) in [7, 11) is 0. The molecular weight excluding hydrogens is 324 g/mol. The highest BCUT2D eigenvalue weighted by atomic mass is 35.5. The van der Waals surface area contributed by atoms with Gasteiger partial charge in [-0.15, -0.1) is 0 Å². The van der Waals surface area contributed by atoms with E-state index < -0.39 is 0 Å². The van der Waals surface area contributed by atoms with E-state index in [0.29, 0.717) is 23.7 Å². The number of para-hydroxylation sites is 2. The third kappa shape index (κ3) is 2.86. The van der Waals surface area contributed by atoms with Gasteiger partial charge in [0.05, 0.1) is 11.0 Å². The molecule has 24 heavy (non-hydrogen) atoms. The van der Waals surface area contributed by atoms with Crippen molar-refractivity contribution < 1.29 is 4.79 Å². The van der Waals surface area contributed by atoms with Gasteiger partial charge in [-0.1, -0.05) is 23.7 Å². The monoisotopic (exact) mass is 338 g/mol. The summed E-state index contributed by atoms with van der Waals surface area (Å²) in [6.07, 6.45) is 0.645. The van der Waals surface area contributed by atoms with Crippen LogP contribution >= 0.6 is 11.6 Å². The normalized spacial score (nSPS) is 11.2. The topological polar surface area (TPSA) is 73.6 Å². The van der Waals surface area contributed by atoms with Crippen LogP contribution in [-0.4, -0.2) is 27.4 Å². The number of benzene rings is 2. The first-order valence-corrected chi connectivity index (χ1v) is 8.07.